The van der Waals surface area contributed by atoms with Crippen molar-refractivity contribution in [3.05, 3.63) is 41.7 Å². The van der Waals surface area contributed by atoms with Gasteiger partial charge in [0.05, 0.1) is 0 Å². The number of pyridine rings is 1. The predicted octanol–water partition coefficient (Wildman–Crippen LogP) is 2.33. The highest BCUT2D eigenvalue weighted by Gasteiger charge is 2.00. The molecule has 0 amide bonds. The average molecular weight is 201 g/mol. The molecule has 0 spiro atoms. The second-order valence-electron chi connectivity index (χ2n) is 3.68. The monoisotopic (exact) mass is 201 g/mol. The second kappa shape index (κ2) is 4.41. The maximum Gasteiger partial charge on any atom is 0.0471 e. The van der Waals surface area contributed by atoms with Crippen LogP contribution >= 0.6 is 0 Å². The van der Waals surface area contributed by atoms with E-state index in [9.17, 15) is 0 Å². The van der Waals surface area contributed by atoms with Crippen molar-refractivity contribution >= 4 is 10.8 Å². The predicted molar refractivity (Wildman–Crippen MR) is 61.9 cm³/mol. The molecule has 0 aliphatic heterocycles. The summed E-state index contributed by atoms with van der Waals surface area (Å²) in [5.74, 6) is 0. The Balaban J connectivity index is 2.53. The minimum atomic E-state index is 0.201. The van der Waals surface area contributed by atoms with Gasteiger partial charge in [0.1, 0.15) is 0 Å². The molecule has 0 aliphatic rings. The van der Waals surface area contributed by atoms with E-state index in [1.807, 2.05) is 12.4 Å². The molecule has 1 aromatic carbocycles. The van der Waals surface area contributed by atoms with Crippen LogP contribution in [0, 0.1) is 0 Å². The van der Waals surface area contributed by atoms with Gasteiger partial charge in [0.2, 0.25) is 0 Å². The number of aliphatic hydroxyl groups excluding tert-OH is 1. The Morgan fingerprint density at radius 1 is 1.27 bits per heavy atom. The van der Waals surface area contributed by atoms with E-state index >= 15 is 0 Å². The first-order valence-corrected chi connectivity index (χ1v) is 5.31. The Morgan fingerprint density at radius 2 is 2.13 bits per heavy atom. The van der Waals surface area contributed by atoms with Crippen molar-refractivity contribution in [3.63, 3.8) is 0 Å². The first kappa shape index (κ1) is 10.1. The Labute approximate surface area is 89.6 Å². The molecule has 2 aromatic rings. The van der Waals surface area contributed by atoms with E-state index in [-0.39, 0.29) is 6.61 Å². The lowest BCUT2D eigenvalue weighted by molar-refractivity contribution is 0.299. The van der Waals surface area contributed by atoms with Gasteiger partial charge in [-0.15, -0.1) is 0 Å². The first-order chi connectivity index (χ1) is 7.35. The number of hydrogen-bond donors (Lipinski definition) is 1. The van der Waals surface area contributed by atoms with Crippen LogP contribution in [-0.2, 0) is 12.8 Å². The maximum absolute atomic E-state index is 8.88. The van der Waals surface area contributed by atoms with Gasteiger partial charge in [-0.25, -0.2) is 0 Å². The van der Waals surface area contributed by atoms with Gasteiger partial charge in [-0.2, -0.15) is 0 Å². The minimum absolute atomic E-state index is 0.201. The Kier molecular flexibility index (Phi) is 2.97. The summed E-state index contributed by atoms with van der Waals surface area (Å²) in [5.41, 5.74) is 2.45. The van der Waals surface area contributed by atoms with E-state index in [1.54, 1.807) is 0 Å². The third-order valence-electron chi connectivity index (χ3n) is 2.69. The number of rotatable bonds is 3. The fourth-order valence-corrected chi connectivity index (χ4v) is 1.85. The van der Waals surface area contributed by atoms with Gasteiger partial charge >= 0.3 is 0 Å². The summed E-state index contributed by atoms with van der Waals surface area (Å²) in [6.45, 7) is 2.34. The van der Waals surface area contributed by atoms with E-state index in [4.69, 9.17) is 5.11 Å². The van der Waals surface area contributed by atoms with E-state index in [0.717, 1.165) is 6.42 Å². The van der Waals surface area contributed by atoms with E-state index in [1.165, 1.54) is 21.9 Å². The number of fused-ring (bicyclic) bond motifs is 1. The zero-order chi connectivity index (χ0) is 10.7. The van der Waals surface area contributed by atoms with Crippen molar-refractivity contribution in [1.29, 1.82) is 0 Å². The average Bonchev–Trinajstić information content (AvgIpc) is 2.28. The van der Waals surface area contributed by atoms with Gasteiger partial charge in [-0.05, 0) is 35.4 Å². The number of aliphatic hydroxyl groups is 1. The smallest absolute Gasteiger partial charge is 0.0471 e. The summed E-state index contributed by atoms with van der Waals surface area (Å²) in [5, 5.41) is 11.3. The van der Waals surface area contributed by atoms with Crippen molar-refractivity contribution in [2.24, 2.45) is 0 Å². The number of benzene rings is 1. The molecule has 0 bridgehead atoms. The molecule has 0 saturated carbocycles. The Hall–Kier alpha value is -1.41. The fraction of sp³-hybridized carbons (Fsp3) is 0.308. The largest absolute Gasteiger partial charge is 0.396 e. The third kappa shape index (κ3) is 2.00. The van der Waals surface area contributed by atoms with Crippen LogP contribution in [0.1, 0.15) is 18.1 Å². The number of aromatic nitrogens is 1. The molecule has 0 aliphatic carbocycles. The van der Waals surface area contributed by atoms with Gasteiger partial charge in [-0.3, -0.25) is 4.98 Å². The van der Waals surface area contributed by atoms with Crippen LogP contribution in [0.4, 0.5) is 0 Å². The molecule has 1 aromatic heterocycles. The molecule has 2 nitrogen and oxygen atoms in total. The van der Waals surface area contributed by atoms with Crippen LogP contribution in [0.3, 0.4) is 0 Å². The molecule has 0 fully saturated rings. The van der Waals surface area contributed by atoms with Crippen molar-refractivity contribution in [2.75, 3.05) is 6.61 Å². The molecular weight excluding hydrogens is 186 g/mol. The standard InChI is InChI=1S/C13H15NO/c1-2-11-8-14-9-12-7-10(5-6-15)3-4-13(11)12/h3-4,7-9,15H,2,5-6H2,1H3. The van der Waals surface area contributed by atoms with Crippen LogP contribution in [-0.4, -0.2) is 16.7 Å². The summed E-state index contributed by atoms with van der Waals surface area (Å²) < 4.78 is 0. The van der Waals surface area contributed by atoms with Gasteiger partial charge in [0.15, 0.2) is 0 Å². The topological polar surface area (TPSA) is 33.1 Å². The lowest BCUT2D eigenvalue weighted by Gasteiger charge is -2.05. The van der Waals surface area contributed by atoms with Crippen LogP contribution in [0.25, 0.3) is 10.8 Å². The molecule has 15 heavy (non-hydrogen) atoms. The number of aryl methyl sites for hydroxylation is 1. The summed E-state index contributed by atoms with van der Waals surface area (Å²) in [4.78, 5) is 4.22. The molecule has 0 unspecified atom stereocenters. The number of nitrogens with zero attached hydrogens (tertiary/aromatic N) is 1. The number of hydrogen-bond acceptors (Lipinski definition) is 2. The van der Waals surface area contributed by atoms with Gasteiger partial charge < -0.3 is 5.11 Å². The first-order valence-electron chi connectivity index (χ1n) is 5.31. The molecule has 0 radical (unpaired) electrons. The lowest BCUT2D eigenvalue weighted by Crippen LogP contribution is -1.92. The zero-order valence-corrected chi connectivity index (χ0v) is 8.90. The molecule has 1 N–H and O–H groups in total. The van der Waals surface area contributed by atoms with Crippen molar-refractivity contribution in [2.45, 2.75) is 19.8 Å². The lowest BCUT2D eigenvalue weighted by atomic mass is 10.0. The minimum Gasteiger partial charge on any atom is -0.396 e. The second-order valence-corrected chi connectivity index (χ2v) is 3.68. The van der Waals surface area contributed by atoms with Crippen molar-refractivity contribution in [3.8, 4) is 0 Å². The summed E-state index contributed by atoms with van der Waals surface area (Å²) in [6, 6.07) is 6.32. The quantitative estimate of drug-likeness (QED) is 0.826. The zero-order valence-electron chi connectivity index (χ0n) is 8.90. The van der Waals surface area contributed by atoms with Gasteiger partial charge in [0.25, 0.3) is 0 Å². The van der Waals surface area contributed by atoms with E-state index in [2.05, 4.69) is 30.1 Å². The Bertz CT molecular complexity index is 465. The van der Waals surface area contributed by atoms with Gasteiger partial charge in [0, 0.05) is 24.4 Å². The van der Waals surface area contributed by atoms with Crippen LogP contribution < -0.4 is 0 Å². The van der Waals surface area contributed by atoms with E-state index in [0.29, 0.717) is 6.42 Å². The third-order valence-corrected chi connectivity index (χ3v) is 2.69. The van der Waals surface area contributed by atoms with Crippen LogP contribution in [0.2, 0.25) is 0 Å². The van der Waals surface area contributed by atoms with Crippen molar-refractivity contribution < 1.29 is 5.11 Å². The van der Waals surface area contributed by atoms with E-state index < -0.39 is 0 Å². The van der Waals surface area contributed by atoms with Crippen LogP contribution in [0.15, 0.2) is 30.6 Å². The highest BCUT2D eigenvalue weighted by molar-refractivity contribution is 5.85. The maximum atomic E-state index is 8.88. The molecule has 2 heteroatoms. The highest BCUT2D eigenvalue weighted by atomic mass is 16.2. The SMILES string of the molecule is CCc1cncc2cc(CCO)ccc12. The molecular formula is C13H15NO. The molecule has 1 heterocycles. The van der Waals surface area contributed by atoms with Crippen molar-refractivity contribution in [1.82, 2.24) is 4.98 Å². The fourth-order valence-electron chi connectivity index (χ4n) is 1.85. The molecule has 0 atom stereocenters. The molecule has 2 rings (SSSR count). The van der Waals surface area contributed by atoms with Gasteiger partial charge in [-0.1, -0.05) is 19.1 Å². The molecule has 0 saturated heterocycles. The summed E-state index contributed by atoms with van der Waals surface area (Å²) in [6.07, 6.45) is 5.53. The molecule has 78 valence electrons. The van der Waals surface area contributed by atoms with Crippen LogP contribution in [0.5, 0.6) is 0 Å². The summed E-state index contributed by atoms with van der Waals surface area (Å²) in [7, 11) is 0. The normalized spacial score (nSPS) is 10.8. The Morgan fingerprint density at radius 3 is 2.87 bits per heavy atom. The summed E-state index contributed by atoms with van der Waals surface area (Å²) >= 11 is 0. The highest BCUT2D eigenvalue weighted by Crippen LogP contribution is 2.19.